The Balaban J connectivity index is 1.23. The molecule has 322 valence electrons. The van der Waals surface area contributed by atoms with Crippen molar-refractivity contribution in [1.29, 1.82) is 0 Å². The number of carbonyl (C=O) groups excluding carboxylic acids is 4. The molecule has 5 atom stereocenters. The molecule has 2 aliphatic heterocycles. The average Bonchev–Trinajstić information content (AvgIpc) is 4.12. The number of fused-ring (bicyclic) bond motifs is 3. The summed E-state index contributed by atoms with van der Waals surface area (Å²) in [6, 6.07) is 13.1. The van der Waals surface area contributed by atoms with Crippen molar-refractivity contribution >= 4 is 50.3 Å². The van der Waals surface area contributed by atoms with E-state index in [2.05, 4.69) is 15.4 Å². The van der Waals surface area contributed by atoms with Gasteiger partial charge in [0.15, 0.2) is 0 Å². The van der Waals surface area contributed by atoms with E-state index in [0.717, 1.165) is 16.6 Å². The molecule has 3 N–H and O–H groups in total. The summed E-state index contributed by atoms with van der Waals surface area (Å²) < 4.78 is 51.5. The van der Waals surface area contributed by atoms with Crippen LogP contribution in [0.2, 0.25) is 0 Å². The Bertz CT molecular complexity index is 2270. The fourth-order valence-electron chi connectivity index (χ4n) is 7.67. The summed E-state index contributed by atoms with van der Waals surface area (Å²) in [6.07, 6.45) is 3.51. The standard InChI is InChI=1S/C43H54N6O10S/c1-42(2,3)59-41(53)45-34-10-8-20-57-19-7-9-28-24-43(28,40(52)47-60(54,55)32-16-17-32)46-37(50)36-23-31(25-49(36)39(34)51)58-38-33-18-15-30(56-6)21-27(33)22-35(44-38)26-11-13-29(14-12-26)48(4)5/h7,9,11-15,18,21-22,28,31-32,34,36H,8,10,16-17,19-20,23-25H2,1-6H3,(H,45,53)(H,46,50)(H,47,52)/b9-7-/t28-,31-,34+,36+,43-/m1/s1. The maximum absolute atomic E-state index is 14.7. The molecule has 0 bridgehead atoms. The van der Waals surface area contributed by atoms with Crippen LogP contribution in [0.15, 0.2) is 60.7 Å². The third kappa shape index (κ3) is 9.62. The van der Waals surface area contributed by atoms with Crippen molar-refractivity contribution in [2.75, 3.05) is 45.9 Å². The summed E-state index contributed by atoms with van der Waals surface area (Å²) in [4.78, 5) is 64.4. The van der Waals surface area contributed by atoms with E-state index in [1.165, 1.54) is 4.90 Å². The lowest BCUT2D eigenvalue weighted by Gasteiger charge is -2.30. The number of rotatable bonds is 9. The van der Waals surface area contributed by atoms with Crippen molar-refractivity contribution < 1.29 is 46.5 Å². The molecule has 4 aliphatic rings. The SMILES string of the molecule is COc1ccc2c(O[C@@H]3C[C@H]4C(=O)N[C@]5(C(=O)NS(=O)(=O)C6CC6)C[C@H]5/C=C\COCCC[C@H](NC(=O)OC(C)(C)C)C(=O)N4C3)nc(-c3ccc(N(C)C)cc3)cc2c1. The lowest BCUT2D eigenvalue weighted by atomic mass is 10.1. The van der Waals surface area contributed by atoms with E-state index in [9.17, 15) is 27.6 Å². The van der Waals surface area contributed by atoms with E-state index in [-0.39, 0.29) is 44.9 Å². The van der Waals surface area contributed by atoms with E-state index in [1.54, 1.807) is 46.1 Å². The van der Waals surface area contributed by atoms with E-state index >= 15 is 0 Å². The number of pyridine rings is 1. The van der Waals surface area contributed by atoms with Gasteiger partial charge in [-0.05, 0) is 94.7 Å². The molecule has 4 amide bonds. The Labute approximate surface area is 350 Å². The van der Waals surface area contributed by atoms with E-state index < -0.39 is 74.3 Å². The predicted octanol–water partition coefficient (Wildman–Crippen LogP) is 4.07. The molecule has 60 heavy (non-hydrogen) atoms. The molecule has 16 nitrogen and oxygen atoms in total. The number of benzene rings is 2. The van der Waals surface area contributed by atoms with Gasteiger partial charge < -0.3 is 39.4 Å². The highest BCUT2D eigenvalue weighted by Gasteiger charge is 2.62. The Morgan fingerprint density at radius 1 is 1.05 bits per heavy atom. The van der Waals surface area contributed by atoms with Gasteiger partial charge in [0.2, 0.25) is 27.7 Å². The van der Waals surface area contributed by atoms with Gasteiger partial charge in [-0.1, -0.05) is 24.3 Å². The second kappa shape index (κ2) is 16.9. The molecule has 0 spiro atoms. The van der Waals surface area contributed by atoms with Crippen molar-refractivity contribution in [3.05, 3.63) is 60.7 Å². The molecule has 3 aromatic rings. The molecule has 3 heterocycles. The van der Waals surface area contributed by atoms with Gasteiger partial charge in [-0.3, -0.25) is 19.1 Å². The van der Waals surface area contributed by atoms with Crippen LogP contribution in [0.5, 0.6) is 11.6 Å². The van der Waals surface area contributed by atoms with Crippen molar-refractivity contribution in [3.8, 4) is 22.9 Å². The van der Waals surface area contributed by atoms with Crippen LogP contribution in [0.1, 0.15) is 59.3 Å². The van der Waals surface area contributed by atoms with E-state index in [0.29, 0.717) is 36.1 Å². The molecular weight excluding hydrogens is 793 g/mol. The zero-order chi connectivity index (χ0) is 43.0. The normalized spacial score (nSPS) is 25.4. The van der Waals surface area contributed by atoms with Gasteiger partial charge in [0, 0.05) is 49.7 Å². The summed E-state index contributed by atoms with van der Waals surface area (Å²) >= 11 is 0. The fourth-order valence-corrected chi connectivity index (χ4v) is 9.03. The topological polar surface area (TPSA) is 195 Å². The van der Waals surface area contributed by atoms with Gasteiger partial charge in [0.1, 0.15) is 35.1 Å². The molecule has 1 aromatic heterocycles. The first kappa shape index (κ1) is 42.7. The van der Waals surface area contributed by atoms with Crippen LogP contribution in [0.25, 0.3) is 22.0 Å². The number of nitrogens with zero attached hydrogens (tertiary/aromatic N) is 3. The van der Waals surface area contributed by atoms with Gasteiger partial charge in [-0.2, -0.15) is 0 Å². The third-order valence-corrected chi connectivity index (χ3v) is 12.9. The van der Waals surface area contributed by atoms with Gasteiger partial charge in [0.05, 0.1) is 31.2 Å². The van der Waals surface area contributed by atoms with Crippen LogP contribution in [0.3, 0.4) is 0 Å². The molecule has 0 radical (unpaired) electrons. The number of nitrogens with one attached hydrogen (secondary N) is 3. The number of alkyl carbamates (subject to hydrolysis) is 1. The number of ether oxygens (including phenoxy) is 4. The third-order valence-electron chi connectivity index (χ3n) is 11.1. The van der Waals surface area contributed by atoms with Crippen molar-refractivity contribution in [2.45, 2.75) is 93.9 Å². The monoisotopic (exact) mass is 846 g/mol. The number of anilines is 1. The fraction of sp³-hybridized carbons (Fsp3) is 0.512. The maximum Gasteiger partial charge on any atom is 0.408 e. The number of hydrogen-bond donors (Lipinski definition) is 3. The Kier molecular flexibility index (Phi) is 12.0. The molecule has 1 saturated heterocycles. The second-order valence-electron chi connectivity index (χ2n) is 17.1. The Hall–Kier alpha value is -5.42. The molecule has 0 unspecified atom stereocenters. The van der Waals surface area contributed by atoms with E-state index in [1.807, 2.05) is 61.5 Å². The van der Waals surface area contributed by atoms with Crippen LogP contribution < -0.4 is 29.7 Å². The Morgan fingerprint density at radius 2 is 1.80 bits per heavy atom. The number of methoxy groups -OCH3 is 1. The second-order valence-corrected chi connectivity index (χ2v) is 19.1. The van der Waals surface area contributed by atoms with Crippen molar-refractivity contribution in [3.63, 3.8) is 0 Å². The highest BCUT2D eigenvalue weighted by atomic mass is 32.2. The van der Waals surface area contributed by atoms with Crippen molar-refractivity contribution in [2.24, 2.45) is 5.92 Å². The first-order chi connectivity index (χ1) is 28.5. The summed E-state index contributed by atoms with van der Waals surface area (Å²) in [5, 5.41) is 6.39. The largest absolute Gasteiger partial charge is 0.497 e. The molecule has 2 saturated carbocycles. The van der Waals surface area contributed by atoms with E-state index in [4.69, 9.17) is 23.9 Å². The first-order valence-corrected chi connectivity index (χ1v) is 21.9. The summed E-state index contributed by atoms with van der Waals surface area (Å²) in [7, 11) is 1.56. The van der Waals surface area contributed by atoms with Crippen LogP contribution in [-0.2, 0) is 33.9 Å². The number of carbonyl (C=O) groups is 4. The minimum absolute atomic E-state index is 0.000489. The lowest BCUT2D eigenvalue weighted by Crippen LogP contribution is -2.58. The predicted molar refractivity (Wildman–Crippen MR) is 224 cm³/mol. The van der Waals surface area contributed by atoms with Gasteiger partial charge >= 0.3 is 6.09 Å². The molecule has 7 rings (SSSR count). The number of aromatic nitrogens is 1. The lowest BCUT2D eigenvalue weighted by molar-refractivity contribution is -0.141. The van der Waals surface area contributed by atoms with Gasteiger partial charge in [0.25, 0.3) is 5.91 Å². The Morgan fingerprint density at radius 3 is 2.48 bits per heavy atom. The van der Waals surface area contributed by atoms with Gasteiger partial charge in [-0.25, -0.2) is 18.2 Å². The molecule has 2 aromatic carbocycles. The van der Waals surface area contributed by atoms with Crippen LogP contribution >= 0.6 is 0 Å². The molecule has 3 fully saturated rings. The molecule has 2 aliphatic carbocycles. The number of hydrogen-bond acceptors (Lipinski definition) is 12. The zero-order valence-electron chi connectivity index (χ0n) is 34.9. The summed E-state index contributed by atoms with van der Waals surface area (Å²) in [5.74, 6) is -1.67. The highest BCUT2D eigenvalue weighted by molar-refractivity contribution is 7.91. The van der Waals surface area contributed by atoms with Gasteiger partial charge in [-0.15, -0.1) is 0 Å². The first-order valence-electron chi connectivity index (χ1n) is 20.3. The number of amides is 4. The zero-order valence-corrected chi connectivity index (χ0v) is 35.7. The summed E-state index contributed by atoms with van der Waals surface area (Å²) in [6.45, 7) is 5.51. The number of sulfonamides is 1. The van der Waals surface area contributed by atoms with Crippen molar-refractivity contribution in [1.82, 2.24) is 25.2 Å². The quantitative estimate of drug-likeness (QED) is 0.262. The maximum atomic E-state index is 14.7. The minimum Gasteiger partial charge on any atom is -0.497 e. The molecule has 17 heteroatoms. The smallest absolute Gasteiger partial charge is 0.408 e. The van der Waals surface area contributed by atoms with Crippen LogP contribution in [-0.4, -0.2) is 118 Å². The molecular formula is C43H54N6O10S. The van der Waals surface area contributed by atoms with Crippen LogP contribution in [0.4, 0.5) is 10.5 Å². The summed E-state index contributed by atoms with van der Waals surface area (Å²) in [5.41, 5.74) is 0.0556. The minimum atomic E-state index is -3.94. The average molecular weight is 847 g/mol. The van der Waals surface area contributed by atoms with Crippen LogP contribution in [0, 0.1) is 5.92 Å². The highest BCUT2D eigenvalue weighted by Crippen LogP contribution is 2.46.